The summed E-state index contributed by atoms with van der Waals surface area (Å²) in [4.78, 5) is 15.4. The molecule has 0 fully saturated rings. The van der Waals surface area contributed by atoms with Gasteiger partial charge in [0.25, 0.3) is 0 Å². The maximum atomic E-state index is 13.4. The van der Waals surface area contributed by atoms with Crippen LogP contribution in [0.5, 0.6) is 0 Å². The van der Waals surface area contributed by atoms with E-state index in [4.69, 9.17) is 0 Å². The van der Waals surface area contributed by atoms with Gasteiger partial charge in [-0.25, -0.2) is 9.37 Å². The fourth-order valence-corrected chi connectivity index (χ4v) is 1.75. The smallest absolute Gasteiger partial charge is 0.137 e. The summed E-state index contributed by atoms with van der Waals surface area (Å²) in [7, 11) is 1.79. The van der Waals surface area contributed by atoms with Crippen molar-refractivity contribution in [2.75, 3.05) is 0 Å². The topological polar surface area (TPSA) is 34.9 Å². The zero-order valence-corrected chi connectivity index (χ0v) is 9.54. The van der Waals surface area contributed by atoms with Crippen LogP contribution in [0.4, 0.5) is 4.39 Å². The molecule has 1 heterocycles. The number of ketones is 1. The van der Waals surface area contributed by atoms with Gasteiger partial charge in [-0.1, -0.05) is 0 Å². The molecule has 0 unspecified atom stereocenters. The van der Waals surface area contributed by atoms with Crippen molar-refractivity contribution >= 4 is 16.8 Å². The fourth-order valence-electron chi connectivity index (χ4n) is 1.75. The summed E-state index contributed by atoms with van der Waals surface area (Å²) in [5.41, 5.74) is 2.02. The number of nitrogens with zero attached hydrogens (tertiary/aromatic N) is 2. The monoisotopic (exact) mass is 220 g/mol. The summed E-state index contributed by atoms with van der Waals surface area (Å²) in [6, 6.07) is 3.16. The van der Waals surface area contributed by atoms with Crippen molar-refractivity contribution in [1.82, 2.24) is 9.55 Å². The van der Waals surface area contributed by atoms with Gasteiger partial charge in [0.2, 0.25) is 0 Å². The molecule has 3 nitrogen and oxygen atoms in total. The van der Waals surface area contributed by atoms with Crippen LogP contribution >= 0.6 is 0 Å². The van der Waals surface area contributed by atoms with Crippen LogP contribution < -0.4 is 0 Å². The summed E-state index contributed by atoms with van der Waals surface area (Å²) in [6.07, 6.45) is 0.284. The molecule has 0 atom stereocenters. The molecule has 4 heteroatoms. The maximum absolute atomic E-state index is 13.4. The van der Waals surface area contributed by atoms with Crippen molar-refractivity contribution in [2.45, 2.75) is 20.3 Å². The highest BCUT2D eigenvalue weighted by Gasteiger charge is 2.11. The van der Waals surface area contributed by atoms with Crippen LogP contribution in [-0.4, -0.2) is 15.3 Å². The third-order valence-corrected chi connectivity index (χ3v) is 2.66. The first-order valence-electron chi connectivity index (χ1n) is 5.10. The Labute approximate surface area is 92.9 Å². The van der Waals surface area contributed by atoms with E-state index in [1.807, 2.05) is 0 Å². The number of rotatable bonds is 2. The lowest BCUT2D eigenvalue weighted by Crippen LogP contribution is -2.03. The number of hydrogen-bond donors (Lipinski definition) is 0. The highest BCUT2D eigenvalue weighted by atomic mass is 19.1. The van der Waals surface area contributed by atoms with E-state index in [1.165, 1.54) is 13.0 Å². The number of imidazole rings is 1. The summed E-state index contributed by atoms with van der Waals surface area (Å²) in [6.45, 7) is 3.22. The first-order valence-corrected chi connectivity index (χ1v) is 5.10. The third kappa shape index (κ3) is 1.71. The van der Waals surface area contributed by atoms with Crippen LogP contribution in [0, 0.1) is 12.7 Å². The lowest BCUT2D eigenvalue weighted by Gasteiger charge is -2.00. The molecule has 84 valence electrons. The number of fused-ring (bicyclic) bond motifs is 1. The van der Waals surface area contributed by atoms with Crippen LogP contribution in [0.3, 0.4) is 0 Å². The molecular formula is C12H13FN2O. The molecule has 0 saturated carbocycles. The molecule has 1 aromatic carbocycles. The van der Waals surface area contributed by atoms with Crippen LogP contribution in [0.2, 0.25) is 0 Å². The summed E-state index contributed by atoms with van der Waals surface area (Å²) < 4.78 is 15.2. The number of benzene rings is 1. The van der Waals surface area contributed by atoms with E-state index in [2.05, 4.69) is 4.98 Å². The van der Waals surface area contributed by atoms with Gasteiger partial charge in [-0.3, -0.25) is 4.79 Å². The number of aromatic nitrogens is 2. The van der Waals surface area contributed by atoms with Gasteiger partial charge in [0.1, 0.15) is 17.4 Å². The molecular weight excluding hydrogens is 207 g/mol. The van der Waals surface area contributed by atoms with Gasteiger partial charge in [-0.2, -0.15) is 0 Å². The first-order chi connectivity index (χ1) is 7.49. The summed E-state index contributed by atoms with van der Waals surface area (Å²) in [5, 5.41) is 0. The van der Waals surface area contributed by atoms with Gasteiger partial charge >= 0.3 is 0 Å². The average molecular weight is 220 g/mol. The molecule has 0 saturated heterocycles. The Morgan fingerprint density at radius 1 is 1.50 bits per heavy atom. The maximum Gasteiger partial charge on any atom is 0.137 e. The Morgan fingerprint density at radius 3 is 2.81 bits per heavy atom. The molecule has 0 N–H and O–H groups in total. The predicted octanol–water partition coefficient (Wildman–Crippen LogP) is 2.15. The molecule has 0 amide bonds. The SMILES string of the molecule is CC(=O)Cc1nc2cc(C)c(F)cc2n1C. The van der Waals surface area contributed by atoms with E-state index in [1.54, 1.807) is 24.6 Å². The Kier molecular flexibility index (Phi) is 2.50. The molecule has 0 spiro atoms. The Hall–Kier alpha value is -1.71. The van der Waals surface area contributed by atoms with E-state index >= 15 is 0 Å². The molecule has 16 heavy (non-hydrogen) atoms. The second-order valence-electron chi connectivity index (χ2n) is 4.06. The quantitative estimate of drug-likeness (QED) is 0.777. The number of halogens is 1. The molecule has 1 aromatic heterocycles. The number of carbonyl (C=O) groups excluding carboxylic acids is 1. The lowest BCUT2D eigenvalue weighted by atomic mass is 10.2. The van der Waals surface area contributed by atoms with Crippen LogP contribution in [0.1, 0.15) is 18.3 Å². The van der Waals surface area contributed by atoms with E-state index < -0.39 is 0 Å². The van der Waals surface area contributed by atoms with E-state index in [-0.39, 0.29) is 18.0 Å². The minimum atomic E-state index is -0.245. The normalized spacial score (nSPS) is 11.0. The van der Waals surface area contributed by atoms with Gasteiger partial charge in [-0.05, 0) is 25.5 Å². The van der Waals surface area contributed by atoms with Crippen molar-refractivity contribution in [2.24, 2.45) is 7.05 Å². The Morgan fingerprint density at radius 2 is 2.19 bits per heavy atom. The van der Waals surface area contributed by atoms with E-state index in [0.717, 1.165) is 11.0 Å². The third-order valence-electron chi connectivity index (χ3n) is 2.66. The number of carbonyl (C=O) groups is 1. The number of hydrogen-bond acceptors (Lipinski definition) is 2. The highest BCUT2D eigenvalue weighted by Crippen LogP contribution is 2.19. The highest BCUT2D eigenvalue weighted by molar-refractivity contribution is 5.81. The Bertz CT molecular complexity index is 572. The zero-order valence-electron chi connectivity index (χ0n) is 9.54. The van der Waals surface area contributed by atoms with E-state index in [0.29, 0.717) is 11.4 Å². The van der Waals surface area contributed by atoms with Gasteiger partial charge in [0, 0.05) is 13.1 Å². The minimum absolute atomic E-state index is 0.0515. The van der Waals surface area contributed by atoms with Crippen molar-refractivity contribution in [3.63, 3.8) is 0 Å². The van der Waals surface area contributed by atoms with Gasteiger partial charge in [0.15, 0.2) is 0 Å². The first kappa shape index (κ1) is 10.8. The molecule has 0 bridgehead atoms. The van der Waals surface area contributed by atoms with E-state index in [9.17, 15) is 9.18 Å². The lowest BCUT2D eigenvalue weighted by molar-refractivity contribution is -0.116. The molecule has 0 aliphatic carbocycles. The largest absolute Gasteiger partial charge is 0.331 e. The van der Waals surface area contributed by atoms with Crippen LogP contribution in [0.25, 0.3) is 11.0 Å². The molecule has 2 rings (SSSR count). The number of aryl methyl sites for hydroxylation is 2. The average Bonchev–Trinajstić information content (AvgIpc) is 2.45. The minimum Gasteiger partial charge on any atom is -0.331 e. The molecule has 2 aromatic rings. The van der Waals surface area contributed by atoms with Crippen LogP contribution in [0.15, 0.2) is 12.1 Å². The van der Waals surface area contributed by atoms with Gasteiger partial charge in [-0.15, -0.1) is 0 Å². The van der Waals surface area contributed by atoms with Crippen molar-refractivity contribution < 1.29 is 9.18 Å². The van der Waals surface area contributed by atoms with Crippen molar-refractivity contribution in [1.29, 1.82) is 0 Å². The standard InChI is InChI=1S/C12H13FN2O/c1-7-4-10-11(6-9(7)13)15(3)12(14-10)5-8(2)16/h4,6H,5H2,1-3H3. The molecule has 0 aliphatic rings. The van der Waals surface area contributed by atoms with Gasteiger partial charge < -0.3 is 4.57 Å². The number of Topliss-reactive ketones (excluding diaryl/α,β-unsaturated/α-hetero) is 1. The molecule has 0 aliphatic heterocycles. The molecule has 0 radical (unpaired) electrons. The van der Waals surface area contributed by atoms with Crippen molar-refractivity contribution in [3.05, 3.63) is 29.3 Å². The second kappa shape index (κ2) is 3.70. The Balaban J connectivity index is 2.63. The second-order valence-corrected chi connectivity index (χ2v) is 4.06. The van der Waals surface area contributed by atoms with Gasteiger partial charge in [0.05, 0.1) is 17.5 Å². The fraction of sp³-hybridized carbons (Fsp3) is 0.333. The predicted molar refractivity (Wildman–Crippen MR) is 59.8 cm³/mol. The van der Waals surface area contributed by atoms with Crippen molar-refractivity contribution in [3.8, 4) is 0 Å². The summed E-state index contributed by atoms with van der Waals surface area (Å²) in [5.74, 6) is 0.480. The summed E-state index contributed by atoms with van der Waals surface area (Å²) >= 11 is 0. The van der Waals surface area contributed by atoms with Crippen LogP contribution in [-0.2, 0) is 18.3 Å². The zero-order chi connectivity index (χ0) is 11.9.